The van der Waals surface area contributed by atoms with Crippen LogP contribution in [-0.2, 0) is 11.3 Å². The van der Waals surface area contributed by atoms with Crippen molar-refractivity contribution in [3.05, 3.63) is 42.2 Å². The van der Waals surface area contributed by atoms with E-state index in [-0.39, 0.29) is 29.6 Å². The molecule has 0 amide bonds. The van der Waals surface area contributed by atoms with Crippen LogP contribution in [0.1, 0.15) is 18.5 Å². The Morgan fingerprint density at radius 3 is 2.74 bits per heavy atom. The molecule has 0 radical (unpaired) electrons. The van der Waals surface area contributed by atoms with Crippen LogP contribution in [-0.4, -0.2) is 41.7 Å². The molecule has 0 bridgehead atoms. The third kappa shape index (κ3) is 5.14. The zero-order chi connectivity index (χ0) is 24.3. The Balaban J connectivity index is 1.66. The first kappa shape index (κ1) is 23.5. The van der Waals surface area contributed by atoms with Crippen molar-refractivity contribution in [3.8, 4) is 11.3 Å². The van der Waals surface area contributed by atoms with Gasteiger partial charge in [-0.15, -0.1) is 5.11 Å². The van der Waals surface area contributed by atoms with Gasteiger partial charge in [-0.25, -0.2) is 14.9 Å². The van der Waals surface area contributed by atoms with Crippen LogP contribution in [0.25, 0.3) is 22.2 Å². The first-order valence-corrected chi connectivity index (χ1v) is 10.4. The van der Waals surface area contributed by atoms with E-state index in [1.807, 2.05) is 4.90 Å². The summed E-state index contributed by atoms with van der Waals surface area (Å²) in [4.78, 5) is 10.8. The number of benzene rings is 1. The third-order valence-electron chi connectivity index (χ3n) is 5.51. The second kappa shape index (κ2) is 9.71. The predicted molar refractivity (Wildman–Crippen MR) is 115 cm³/mol. The first-order chi connectivity index (χ1) is 16.3. The van der Waals surface area contributed by atoms with Crippen LogP contribution < -0.4 is 10.7 Å². The molecule has 1 fully saturated rings. The number of aromatic nitrogens is 2. The van der Waals surface area contributed by atoms with Crippen molar-refractivity contribution < 1.29 is 26.7 Å². The smallest absolute Gasteiger partial charge is 0.411 e. The SMILES string of the molecule is N=NC(=NN)C1CCN(c2nc(COCC(F)(F)F)cnc2-c2cc(F)c3occc3c2)CC1. The third-order valence-corrected chi connectivity index (χ3v) is 5.51. The minimum atomic E-state index is -4.46. The number of hydrazone groups is 1. The summed E-state index contributed by atoms with van der Waals surface area (Å²) >= 11 is 0. The molecule has 0 saturated carbocycles. The number of ether oxygens (including phenoxy) is 1. The van der Waals surface area contributed by atoms with E-state index in [4.69, 9.17) is 20.5 Å². The highest BCUT2D eigenvalue weighted by molar-refractivity contribution is 5.86. The Labute approximate surface area is 191 Å². The molecule has 0 atom stereocenters. The molecule has 0 aliphatic carbocycles. The van der Waals surface area contributed by atoms with Gasteiger partial charge >= 0.3 is 6.18 Å². The van der Waals surface area contributed by atoms with Crippen LogP contribution in [0.3, 0.4) is 0 Å². The summed E-state index contributed by atoms with van der Waals surface area (Å²) in [7, 11) is 0. The number of nitrogens with zero attached hydrogens (tertiary/aromatic N) is 5. The molecule has 34 heavy (non-hydrogen) atoms. The number of fused-ring (bicyclic) bond motifs is 1. The number of hydrogen-bond donors (Lipinski definition) is 2. The number of halogens is 4. The Kier molecular flexibility index (Phi) is 6.72. The molecule has 3 N–H and O–H groups in total. The molecule has 2 aromatic heterocycles. The number of nitrogens with two attached hydrogens (primary N) is 1. The molecule has 1 aliphatic rings. The molecule has 4 rings (SSSR count). The Bertz CT molecular complexity index is 1200. The normalized spacial score (nSPS) is 15.8. The standard InChI is InChI=1S/C21H21F4N7O2/c22-16-8-14(7-13-3-6-34-18(13)16)17-20(29-15(9-28-17)10-33-11-21(23,24)25)32-4-1-12(2-5-32)19(30-26)31-27/h3,6-9,12,26H,1-2,4-5,10-11,27H2. The van der Waals surface area contributed by atoms with Crippen LogP contribution in [0.2, 0.25) is 0 Å². The highest BCUT2D eigenvalue weighted by Crippen LogP contribution is 2.34. The van der Waals surface area contributed by atoms with Crippen molar-refractivity contribution in [1.82, 2.24) is 9.97 Å². The maximum Gasteiger partial charge on any atom is 0.411 e. The van der Waals surface area contributed by atoms with Gasteiger partial charge in [0, 0.05) is 30.0 Å². The van der Waals surface area contributed by atoms with Gasteiger partial charge in [0.1, 0.15) is 12.3 Å². The van der Waals surface area contributed by atoms with E-state index in [0.29, 0.717) is 48.4 Å². The first-order valence-electron chi connectivity index (χ1n) is 10.4. The number of nitrogens with one attached hydrogen (secondary N) is 1. The second-order valence-electron chi connectivity index (χ2n) is 7.80. The largest absolute Gasteiger partial charge is 0.461 e. The molecule has 0 unspecified atom stereocenters. The Morgan fingerprint density at radius 1 is 1.29 bits per heavy atom. The average molecular weight is 479 g/mol. The van der Waals surface area contributed by atoms with Gasteiger partial charge in [0.15, 0.2) is 23.1 Å². The summed E-state index contributed by atoms with van der Waals surface area (Å²) in [5, 5.41) is 7.46. The molecule has 1 saturated heterocycles. The number of rotatable bonds is 6. The average Bonchev–Trinajstić information content (AvgIpc) is 3.29. The molecule has 3 heterocycles. The molecule has 1 aromatic carbocycles. The number of furan rings is 1. The topological polar surface area (TPSA) is 126 Å². The fraction of sp³-hybridized carbons (Fsp3) is 0.381. The van der Waals surface area contributed by atoms with Crippen LogP contribution in [0.5, 0.6) is 0 Å². The van der Waals surface area contributed by atoms with Crippen LogP contribution in [0.15, 0.2) is 45.3 Å². The number of hydrogen-bond acceptors (Lipinski definition) is 8. The zero-order valence-corrected chi connectivity index (χ0v) is 17.8. The lowest BCUT2D eigenvalue weighted by Crippen LogP contribution is -2.37. The van der Waals surface area contributed by atoms with Crippen molar-refractivity contribution in [1.29, 1.82) is 5.53 Å². The Morgan fingerprint density at radius 2 is 2.06 bits per heavy atom. The van der Waals surface area contributed by atoms with Crippen LogP contribution in [0.4, 0.5) is 23.4 Å². The summed E-state index contributed by atoms with van der Waals surface area (Å²) in [6.07, 6.45) is -0.616. The van der Waals surface area contributed by atoms with E-state index in [9.17, 15) is 17.6 Å². The van der Waals surface area contributed by atoms with Crippen molar-refractivity contribution in [2.24, 2.45) is 22.0 Å². The molecule has 1 aliphatic heterocycles. The van der Waals surface area contributed by atoms with Gasteiger partial charge < -0.3 is 19.9 Å². The quantitative estimate of drug-likeness (QED) is 0.133. The predicted octanol–water partition coefficient (Wildman–Crippen LogP) is 4.63. The van der Waals surface area contributed by atoms with Gasteiger partial charge in [-0.05, 0) is 31.0 Å². The molecule has 9 nitrogen and oxygen atoms in total. The van der Waals surface area contributed by atoms with Gasteiger partial charge in [-0.1, -0.05) is 0 Å². The van der Waals surface area contributed by atoms with E-state index in [1.165, 1.54) is 18.5 Å². The number of alkyl halides is 3. The van der Waals surface area contributed by atoms with Crippen LogP contribution >= 0.6 is 0 Å². The molecule has 180 valence electrons. The van der Waals surface area contributed by atoms with Gasteiger partial charge in [0.05, 0.1) is 24.8 Å². The lowest BCUT2D eigenvalue weighted by Gasteiger charge is -2.33. The monoisotopic (exact) mass is 479 g/mol. The number of amidine groups is 1. The van der Waals surface area contributed by atoms with E-state index in [2.05, 4.69) is 20.2 Å². The van der Waals surface area contributed by atoms with Gasteiger partial charge in [-0.2, -0.15) is 18.3 Å². The molecule has 0 spiro atoms. The minimum absolute atomic E-state index is 0.104. The highest BCUT2D eigenvalue weighted by atomic mass is 19.4. The van der Waals surface area contributed by atoms with Gasteiger partial charge in [0.25, 0.3) is 0 Å². The molecule has 3 aromatic rings. The highest BCUT2D eigenvalue weighted by Gasteiger charge is 2.29. The van der Waals surface area contributed by atoms with E-state index >= 15 is 0 Å². The Hall–Kier alpha value is -3.61. The van der Waals surface area contributed by atoms with Crippen molar-refractivity contribution in [2.75, 3.05) is 24.6 Å². The van der Waals surface area contributed by atoms with E-state index in [1.54, 1.807) is 12.1 Å². The fourth-order valence-electron chi connectivity index (χ4n) is 3.93. The lowest BCUT2D eigenvalue weighted by molar-refractivity contribution is -0.176. The fourth-order valence-corrected chi connectivity index (χ4v) is 3.93. The van der Waals surface area contributed by atoms with Gasteiger partial charge in [-0.3, -0.25) is 4.98 Å². The maximum atomic E-state index is 14.6. The lowest BCUT2D eigenvalue weighted by atomic mass is 9.95. The molecular weight excluding hydrogens is 458 g/mol. The van der Waals surface area contributed by atoms with Crippen molar-refractivity contribution in [3.63, 3.8) is 0 Å². The van der Waals surface area contributed by atoms with E-state index < -0.39 is 18.6 Å². The summed E-state index contributed by atoms with van der Waals surface area (Å²) in [6.45, 7) is -0.835. The second-order valence-corrected chi connectivity index (χ2v) is 7.80. The van der Waals surface area contributed by atoms with Crippen LogP contribution in [0, 0.1) is 17.3 Å². The zero-order valence-electron chi connectivity index (χ0n) is 17.8. The summed E-state index contributed by atoms with van der Waals surface area (Å²) in [5.41, 5.74) is 8.35. The minimum Gasteiger partial charge on any atom is -0.461 e. The maximum absolute atomic E-state index is 14.6. The molecular formula is C21H21F4N7O2. The summed E-state index contributed by atoms with van der Waals surface area (Å²) < 4.78 is 61.9. The van der Waals surface area contributed by atoms with Crippen molar-refractivity contribution >= 4 is 22.6 Å². The number of piperidine rings is 1. The summed E-state index contributed by atoms with van der Waals surface area (Å²) in [5.74, 6) is 5.27. The summed E-state index contributed by atoms with van der Waals surface area (Å²) in [6, 6.07) is 4.61. The number of anilines is 1. The van der Waals surface area contributed by atoms with Crippen molar-refractivity contribution in [2.45, 2.75) is 25.6 Å². The molecule has 13 heteroatoms. The van der Waals surface area contributed by atoms with Gasteiger partial charge in [0.2, 0.25) is 0 Å². The van der Waals surface area contributed by atoms with E-state index in [0.717, 1.165) is 0 Å².